The average molecular weight is 1040 g/mol. The van der Waals surface area contributed by atoms with Crippen molar-refractivity contribution in [1.29, 1.82) is 0 Å². The predicted octanol–water partition coefficient (Wildman–Crippen LogP) is 19.1. The molecule has 0 saturated carbocycles. The molecule has 6 heteroatoms. The quantitative estimate of drug-likeness (QED) is 0.106. The third kappa shape index (κ3) is 7.62. The molecule has 0 atom stereocenters. The molecule has 2 aliphatic heterocycles. The molecule has 0 N–H and O–H groups in total. The number of benzene rings is 11. The Labute approximate surface area is 472 Å². The Morgan fingerprint density at radius 3 is 1.93 bits per heavy atom. The van der Waals surface area contributed by atoms with Crippen LogP contribution in [0.1, 0.15) is 31.9 Å². The topological polar surface area (TPSA) is 36.0 Å². The first-order valence-electron chi connectivity index (χ1n) is 27.9. The second kappa shape index (κ2) is 18.5. The molecule has 2 aliphatic rings. The lowest BCUT2D eigenvalue weighted by Gasteiger charge is -2.45. The number of aryl methyl sites for hydroxylation is 1. The van der Waals surface area contributed by atoms with Crippen molar-refractivity contribution in [3.8, 4) is 22.3 Å². The van der Waals surface area contributed by atoms with Crippen LogP contribution >= 0.6 is 0 Å². The average Bonchev–Trinajstić information content (AvgIpc) is 3.99. The summed E-state index contributed by atoms with van der Waals surface area (Å²) in [7, 11) is 0. The van der Waals surface area contributed by atoms with E-state index in [1.165, 1.54) is 32.7 Å². The molecule has 13 aromatic rings. The van der Waals surface area contributed by atoms with E-state index in [-0.39, 0.29) is 12.1 Å². The third-order valence-electron chi connectivity index (χ3n) is 16.7. The van der Waals surface area contributed by atoms with Crippen LogP contribution in [-0.2, 0) is 5.41 Å². The smallest absolute Gasteiger partial charge is 0.252 e. The molecule has 0 fully saturated rings. The molecular formula is C75H56BN3O2. The highest BCUT2D eigenvalue weighted by Crippen LogP contribution is 2.49. The number of para-hydroxylation sites is 3. The minimum Gasteiger partial charge on any atom is -0.456 e. The summed E-state index contributed by atoms with van der Waals surface area (Å²) in [6.45, 7) is 17.7. The van der Waals surface area contributed by atoms with Crippen molar-refractivity contribution >= 4 is 123 Å². The lowest BCUT2D eigenvalue weighted by Crippen LogP contribution is -2.61. The van der Waals surface area contributed by atoms with Gasteiger partial charge >= 0.3 is 0 Å². The molecule has 11 aromatic carbocycles. The number of nitrogens with zero attached hydrogens (tertiary/aromatic N) is 3. The first kappa shape index (κ1) is 48.1. The highest BCUT2D eigenvalue weighted by atomic mass is 16.3. The maximum absolute atomic E-state index is 6.71. The molecule has 0 spiro atoms. The normalized spacial score (nSPS) is 13.0. The highest BCUT2D eigenvalue weighted by molar-refractivity contribution is 7.00. The zero-order valence-electron chi connectivity index (χ0n) is 45.7. The van der Waals surface area contributed by atoms with Crippen molar-refractivity contribution in [2.45, 2.75) is 33.1 Å². The third-order valence-corrected chi connectivity index (χ3v) is 16.7. The van der Waals surface area contributed by atoms with E-state index in [1.54, 1.807) is 0 Å². The minimum atomic E-state index is -0.124. The van der Waals surface area contributed by atoms with Crippen LogP contribution in [0.3, 0.4) is 0 Å². The first-order valence-corrected chi connectivity index (χ1v) is 27.9. The fourth-order valence-electron chi connectivity index (χ4n) is 13.0. The summed E-state index contributed by atoms with van der Waals surface area (Å²) in [4.78, 5) is 7.34. The molecule has 81 heavy (non-hydrogen) atoms. The molecule has 15 rings (SSSR count). The van der Waals surface area contributed by atoms with E-state index in [0.717, 1.165) is 123 Å². The number of allylic oxidation sites excluding steroid dienone is 3. The molecule has 0 unspecified atom stereocenters. The van der Waals surface area contributed by atoms with Crippen LogP contribution in [0.2, 0.25) is 0 Å². The fraction of sp³-hybridized carbons (Fsp3) is 0.0667. The minimum absolute atomic E-state index is 0.111. The monoisotopic (exact) mass is 1040 g/mol. The van der Waals surface area contributed by atoms with Gasteiger partial charge in [0.1, 0.15) is 22.3 Å². The second-order valence-corrected chi connectivity index (χ2v) is 22.6. The number of anilines is 8. The van der Waals surface area contributed by atoms with Gasteiger partial charge in [-0.3, -0.25) is 0 Å². The van der Waals surface area contributed by atoms with Gasteiger partial charge in [0.25, 0.3) is 6.71 Å². The largest absolute Gasteiger partial charge is 0.456 e. The zero-order chi connectivity index (χ0) is 54.7. The summed E-state index contributed by atoms with van der Waals surface area (Å²) < 4.78 is 13.3. The Bertz CT molecular complexity index is 4770. The molecule has 0 amide bonds. The number of hydrogen-bond donors (Lipinski definition) is 0. The SMILES string of the molecule is C=C/C=C(\C=C)N(c1ccc2c(c1)N(c1ccc3c(c1)oc1ccccc13)c1cc(C)cc3c1B2c1cc(C(C)(C)C)ccc1N3c1ccc(-c2cccc3c2oc2ccccc23)cc1)c1ccc2ccccc2c1-c1ccccc1. The van der Waals surface area contributed by atoms with Gasteiger partial charge in [-0.25, -0.2) is 0 Å². The van der Waals surface area contributed by atoms with E-state index in [4.69, 9.17) is 8.83 Å². The van der Waals surface area contributed by atoms with Gasteiger partial charge in [0.15, 0.2) is 0 Å². The summed E-state index contributed by atoms with van der Waals surface area (Å²) in [6, 6.07) is 81.9. The van der Waals surface area contributed by atoms with Crippen molar-refractivity contribution in [1.82, 2.24) is 0 Å². The Hall–Kier alpha value is -10.0. The summed E-state index contributed by atoms with van der Waals surface area (Å²) in [5, 5.41) is 6.76. The van der Waals surface area contributed by atoms with Gasteiger partial charge in [-0.15, -0.1) is 0 Å². The van der Waals surface area contributed by atoms with Gasteiger partial charge in [-0.1, -0.05) is 186 Å². The summed E-state index contributed by atoms with van der Waals surface area (Å²) in [5.74, 6) is 0. The van der Waals surface area contributed by atoms with Crippen LogP contribution in [0.25, 0.3) is 76.9 Å². The van der Waals surface area contributed by atoms with Crippen LogP contribution in [0, 0.1) is 6.92 Å². The summed E-state index contributed by atoms with van der Waals surface area (Å²) in [5.41, 5.74) is 23.5. The van der Waals surface area contributed by atoms with Crippen LogP contribution in [0.15, 0.2) is 270 Å². The van der Waals surface area contributed by atoms with Crippen molar-refractivity contribution < 1.29 is 8.83 Å². The van der Waals surface area contributed by atoms with E-state index in [9.17, 15) is 0 Å². The Kier molecular flexibility index (Phi) is 11.0. The van der Waals surface area contributed by atoms with Crippen molar-refractivity contribution in [2.24, 2.45) is 0 Å². The number of hydrogen-bond acceptors (Lipinski definition) is 5. The molecular weight excluding hydrogens is 986 g/mol. The lowest BCUT2D eigenvalue weighted by molar-refractivity contribution is 0.591. The van der Waals surface area contributed by atoms with Crippen LogP contribution < -0.4 is 31.1 Å². The van der Waals surface area contributed by atoms with Gasteiger partial charge in [0.2, 0.25) is 0 Å². The molecule has 4 heterocycles. The van der Waals surface area contributed by atoms with E-state index in [1.807, 2.05) is 24.3 Å². The second-order valence-electron chi connectivity index (χ2n) is 22.6. The first-order chi connectivity index (χ1) is 39.6. The summed E-state index contributed by atoms with van der Waals surface area (Å²) >= 11 is 0. The fourth-order valence-corrected chi connectivity index (χ4v) is 13.0. The van der Waals surface area contributed by atoms with Gasteiger partial charge in [-0.2, -0.15) is 0 Å². The molecule has 0 radical (unpaired) electrons. The maximum atomic E-state index is 6.71. The van der Waals surface area contributed by atoms with Crippen molar-refractivity contribution in [3.63, 3.8) is 0 Å². The van der Waals surface area contributed by atoms with Crippen LogP contribution in [0.5, 0.6) is 0 Å². The maximum Gasteiger partial charge on any atom is 0.252 e. The predicted molar refractivity (Wildman–Crippen MR) is 344 cm³/mol. The van der Waals surface area contributed by atoms with Gasteiger partial charge in [0.05, 0.1) is 5.69 Å². The number of rotatable bonds is 9. The standard InChI is InChI=1S/C75H56BN3O2/c1-7-19-52(8-2)77(65-40-32-48-20-12-13-23-56(48)72(65)50-21-10-9-11-22-50)54-37-39-62-66(45-54)79(55-36-38-60-58-24-14-16-28-69(58)80-71(60)46-55)68-43-47(3)42-67-73(68)76(62)63-44-51(75(4,5)6)33-41-64(63)78(67)53-34-30-49(31-35-53)57-26-18-27-61-59-25-15-17-29-70(59)81-74(57)61/h7-46H,1-2H2,3-6H3/b52-19+. The van der Waals surface area contributed by atoms with Crippen molar-refractivity contribution in [2.75, 3.05) is 14.7 Å². The molecule has 5 nitrogen and oxygen atoms in total. The van der Waals surface area contributed by atoms with Gasteiger partial charge < -0.3 is 23.5 Å². The van der Waals surface area contributed by atoms with Crippen LogP contribution in [0.4, 0.5) is 45.5 Å². The number of furan rings is 2. The highest BCUT2D eigenvalue weighted by Gasteiger charge is 2.44. The Balaban J connectivity index is 0.979. The summed E-state index contributed by atoms with van der Waals surface area (Å²) in [6.07, 6.45) is 5.85. The molecule has 2 aromatic heterocycles. The molecule has 0 aliphatic carbocycles. The van der Waals surface area contributed by atoms with Gasteiger partial charge in [-0.05, 0) is 147 Å². The van der Waals surface area contributed by atoms with Gasteiger partial charge in [0, 0.05) is 84.2 Å². The van der Waals surface area contributed by atoms with E-state index in [2.05, 4.69) is 274 Å². The Morgan fingerprint density at radius 1 is 0.506 bits per heavy atom. The van der Waals surface area contributed by atoms with Crippen LogP contribution in [-0.4, -0.2) is 6.71 Å². The molecule has 0 bridgehead atoms. The Morgan fingerprint density at radius 2 is 1.17 bits per heavy atom. The van der Waals surface area contributed by atoms with E-state index in [0.29, 0.717) is 0 Å². The van der Waals surface area contributed by atoms with E-state index >= 15 is 0 Å². The van der Waals surface area contributed by atoms with E-state index < -0.39 is 0 Å². The molecule has 386 valence electrons. The van der Waals surface area contributed by atoms with Crippen molar-refractivity contribution in [3.05, 3.63) is 273 Å². The molecule has 0 saturated heterocycles. The number of fused-ring (bicyclic) bond motifs is 11. The zero-order valence-corrected chi connectivity index (χ0v) is 45.7. The lowest BCUT2D eigenvalue weighted by atomic mass is 9.33.